The molecule has 0 aliphatic heterocycles. The predicted molar refractivity (Wildman–Crippen MR) is 73.7 cm³/mol. The number of aromatic nitrogens is 1. The lowest BCUT2D eigenvalue weighted by molar-refractivity contribution is 0.187. The number of hydrogen-bond donors (Lipinski definition) is 1. The van der Waals surface area contributed by atoms with Crippen LogP contribution in [-0.4, -0.2) is 17.6 Å². The lowest BCUT2D eigenvalue weighted by Crippen LogP contribution is -2.10. The molecular formula is C13H14N2O3S. The summed E-state index contributed by atoms with van der Waals surface area (Å²) >= 11 is 1.42. The molecule has 19 heavy (non-hydrogen) atoms. The van der Waals surface area contributed by atoms with Gasteiger partial charge in [0.25, 0.3) is 0 Å². The Balaban J connectivity index is 1.92. The maximum atomic E-state index is 11.0. The maximum absolute atomic E-state index is 11.0. The van der Waals surface area contributed by atoms with E-state index >= 15 is 0 Å². The molecule has 0 fully saturated rings. The van der Waals surface area contributed by atoms with Crippen LogP contribution in [0.25, 0.3) is 0 Å². The Labute approximate surface area is 115 Å². The van der Waals surface area contributed by atoms with E-state index in [1.54, 1.807) is 24.3 Å². The molecule has 2 aromatic rings. The van der Waals surface area contributed by atoms with Crippen LogP contribution in [0.1, 0.15) is 11.3 Å². The molecule has 0 saturated heterocycles. The number of methoxy groups -OCH3 is 1. The second-order valence-electron chi connectivity index (χ2n) is 3.85. The van der Waals surface area contributed by atoms with Crippen molar-refractivity contribution in [3.05, 3.63) is 40.9 Å². The van der Waals surface area contributed by atoms with Gasteiger partial charge in [-0.05, 0) is 42.7 Å². The molecule has 100 valence electrons. The SMILES string of the molecule is COC(=O)Nc1ccc(OCc2csnc2C)cc1. The Morgan fingerprint density at radius 2 is 2.11 bits per heavy atom. The van der Waals surface area contributed by atoms with Crippen molar-refractivity contribution in [3.63, 3.8) is 0 Å². The van der Waals surface area contributed by atoms with Crippen LogP contribution in [0.15, 0.2) is 29.6 Å². The molecule has 0 radical (unpaired) electrons. The van der Waals surface area contributed by atoms with E-state index < -0.39 is 6.09 Å². The number of anilines is 1. The summed E-state index contributed by atoms with van der Waals surface area (Å²) in [5.74, 6) is 0.737. The zero-order valence-electron chi connectivity index (χ0n) is 10.7. The lowest BCUT2D eigenvalue weighted by atomic mass is 10.3. The van der Waals surface area contributed by atoms with Crippen LogP contribution in [0, 0.1) is 6.92 Å². The van der Waals surface area contributed by atoms with E-state index in [9.17, 15) is 4.79 Å². The Bertz CT molecular complexity index is 551. The summed E-state index contributed by atoms with van der Waals surface area (Å²) in [7, 11) is 1.32. The van der Waals surface area contributed by atoms with E-state index in [-0.39, 0.29) is 0 Å². The van der Waals surface area contributed by atoms with Crippen LogP contribution < -0.4 is 10.1 Å². The van der Waals surface area contributed by atoms with Gasteiger partial charge in [0.05, 0.1) is 12.8 Å². The summed E-state index contributed by atoms with van der Waals surface area (Å²) in [5.41, 5.74) is 2.74. The Morgan fingerprint density at radius 3 is 2.68 bits per heavy atom. The highest BCUT2D eigenvalue weighted by Crippen LogP contribution is 2.18. The number of amides is 1. The third kappa shape index (κ3) is 3.69. The van der Waals surface area contributed by atoms with Crippen LogP contribution in [-0.2, 0) is 11.3 Å². The molecule has 6 heteroatoms. The van der Waals surface area contributed by atoms with Gasteiger partial charge in [-0.3, -0.25) is 5.32 Å². The average Bonchev–Trinajstić information content (AvgIpc) is 2.83. The highest BCUT2D eigenvalue weighted by atomic mass is 32.1. The Hall–Kier alpha value is -2.08. The van der Waals surface area contributed by atoms with Crippen molar-refractivity contribution >= 4 is 23.3 Å². The molecule has 5 nitrogen and oxygen atoms in total. The minimum absolute atomic E-state index is 0.492. The number of carbonyl (C=O) groups is 1. The fourth-order valence-corrected chi connectivity index (χ4v) is 2.11. The van der Waals surface area contributed by atoms with Gasteiger partial charge in [-0.2, -0.15) is 4.37 Å². The standard InChI is InChI=1S/C13H14N2O3S/c1-9-10(8-19-15-9)7-18-12-5-3-11(4-6-12)14-13(16)17-2/h3-6,8H,7H2,1-2H3,(H,14,16). The molecule has 1 heterocycles. The molecule has 0 spiro atoms. The molecule has 0 unspecified atom stereocenters. The number of hydrogen-bond acceptors (Lipinski definition) is 5. The van der Waals surface area contributed by atoms with E-state index in [0.717, 1.165) is 17.0 Å². The maximum Gasteiger partial charge on any atom is 0.411 e. The zero-order chi connectivity index (χ0) is 13.7. The van der Waals surface area contributed by atoms with Crippen LogP contribution >= 0.6 is 11.5 Å². The molecule has 1 aromatic heterocycles. The van der Waals surface area contributed by atoms with Crippen molar-refractivity contribution in [1.29, 1.82) is 0 Å². The first kappa shape index (κ1) is 13.4. The monoisotopic (exact) mass is 278 g/mol. The van der Waals surface area contributed by atoms with Gasteiger partial charge >= 0.3 is 6.09 Å². The molecular weight excluding hydrogens is 264 g/mol. The lowest BCUT2D eigenvalue weighted by Gasteiger charge is -2.07. The van der Waals surface area contributed by atoms with Crippen molar-refractivity contribution in [2.24, 2.45) is 0 Å². The predicted octanol–water partition coefficient (Wildman–Crippen LogP) is 3.21. The van der Waals surface area contributed by atoms with Crippen LogP contribution in [0.2, 0.25) is 0 Å². The van der Waals surface area contributed by atoms with Gasteiger partial charge in [-0.25, -0.2) is 4.79 Å². The van der Waals surface area contributed by atoms with Crippen LogP contribution in [0.5, 0.6) is 5.75 Å². The van der Waals surface area contributed by atoms with Gasteiger partial charge in [0, 0.05) is 16.6 Å². The molecule has 1 amide bonds. The molecule has 0 bridgehead atoms. The molecule has 0 aliphatic rings. The Kier molecular flexibility index (Phi) is 4.35. The topological polar surface area (TPSA) is 60.5 Å². The van der Waals surface area contributed by atoms with Crippen molar-refractivity contribution in [2.75, 3.05) is 12.4 Å². The minimum atomic E-state index is -0.492. The number of ether oxygens (including phenoxy) is 2. The Morgan fingerprint density at radius 1 is 1.37 bits per heavy atom. The fraction of sp³-hybridized carbons (Fsp3) is 0.231. The molecule has 1 N–H and O–H groups in total. The zero-order valence-corrected chi connectivity index (χ0v) is 11.5. The molecule has 2 rings (SSSR count). The van der Waals surface area contributed by atoms with Gasteiger partial charge in [0.15, 0.2) is 0 Å². The van der Waals surface area contributed by atoms with Crippen molar-refractivity contribution in [3.8, 4) is 5.75 Å². The van der Waals surface area contributed by atoms with E-state index in [2.05, 4.69) is 14.4 Å². The highest BCUT2D eigenvalue weighted by Gasteiger charge is 2.03. The first-order chi connectivity index (χ1) is 9.19. The number of rotatable bonds is 4. The first-order valence-corrected chi connectivity index (χ1v) is 6.50. The van der Waals surface area contributed by atoms with Gasteiger partial charge in [0.1, 0.15) is 12.4 Å². The summed E-state index contributed by atoms with van der Waals surface area (Å²) in [5, 5.41) is 4.55. The quantitative estimate of drug-likeness (QED) is 0.933. The van der Waals surface area contributed by atoms with Gasteiger partial charge < -0.3 is 9.47 Å². The van der Waals surface area contributed by atoms with Gasteiger partial charge in [-0.15, -0.1) is 0 Å². The summed E-state index contributed by atoms with van der Waals surface area (Å²) in [6.07, 6.45) is -0.492. The van der Waals surface area contributed by atoms with Crippen molar-refractivity contribution < 1.29 is 14.3 Å². The highest BCUT2D eigenvalue weighted by molar-refractivity contribution is 7.03. The summed E-state index contributed by atoms with van der Waals surface area (Å²) in [6.45, 7) is 2.45. The summed E-state index contributed by atoms with van der Waals surface area (Å²) in [4.78, 5) is 11.0. The smallest absolute Gasteiger partial charge is 0.411 e. The van der Waals surface area contributed by atoms with E-state index in [0.29, 0.717) is 12.3 Å². The average molecular weight is 278 g/mol. The number of nitrogens with zero attached hydrogens (tertiary/aromatic N) is 1. The number of benzene rings is 1. The summed E-state index contributed by atoms with van der Waals surface area (Å²) in [6, 6.07) is 7.09. The molecule has 1 aromatic carbocycles. The normalized spacial score (nSPS) is 10.0. The largest absolute Gasteiger partial charge is 0.489 e. The third-order valence-corrected chi connectivity index (χ3v) is 3.30. The second kappa shape index (κ2) is 6.19. The van der Waals surface area contributed by atoms with Crippen molar-refractivity contribution in [1.82, 2.24) is 4.37 Å². The molecule has 0 aliphatic carbocycles. The van der Waals surface area contributed by atoms with Gasteiger partial charge in [0.2, 0.25) is 0 Å². The summed E-state index contributed by atoms with van der Waals surface area (Å²) < 4.78 is 14.3. The van der Waals surface area contributed by atoms with Crippen LogP contribution in [0.4, 0.5) is 10.5 Å². The van der Waals surface area contributed by atoms with Crippen LogP contribution in [0.3, 0.4) is 0 Å². The fourth-order valence-electron chi connectivity index (χ4n) is 1.42. The number of aryl methyl sites for hydroxylation is 1. The first-order valence-electron chi connectivity index (χ1n) is 5.66. The van der Waals surface area contributed by atoms with E-state index in [1.165, 1.54) is 18.6 Å². The number of nitrogens with one attached hydrogen (secondary N) is 1. The number of carbonyl (C=O) groups excluding carboxylic acids is 1. The van der Waals surface area contributed by atoms with E-state index in [1.807, 2.05) is 12.3 Å². The second-order valence-corrected chi connectivity index (χ2v) is 4.48. The van der Waals surface area contributed by atoms with E-state index in [4.69, 9.17) is 4.74 Å². The van der Waals surface area contributed by atoms with Gasteiger partial charge in [-0.1, -0.05) is 0 Å². The van der Waals surface area contributed by atoms with Crippen molar-refractivity contribution in [2.45, 2.75) is 13.5 Å². The molecule has 0 atom stereocenters. The third-order valence-electron chi connectivity index (χ3n) is 2.53. The molecule has 0 saturated carbocycles. The minimum Gasteiger partial charge on any atom is -0.489 e.